The predicted octanol–water partition coefficient (Wildman–Crippen LogP) is 5.65. The number of hydrogen-bond acceptors (Lipinski definition) is 6. The van der Waals surface area contributed by atoms with Gasteiger partial charge in [-0.3, -0.25) is 14.4 Å². The molecule has 1 saturated heterocycles. The van der Waals surface area contributed by atoms with Crippen molar-refractivity contribution in [2.24, 2.45) is 5.92 Å². The van der Waals surface area contributed by atoms with Crippen LogP contribution in [0.5, 0.6) is 5.75 Å². The van der Waals surface area contributed by atoms with Crippen LogP contribution in [0, 0.1) is 5.92 Å². The lowest BCUT2D eigenvalue weighted by Crippen LogP contribution is -2.27. The third kappa shape index (κ3) is 6.05. The molecule has 0 N–H and O–H groups in total. The number of rotatable bonds is 7. The van der Waals surface area contributed by atoms with Crippen LogP contribution in [0.25, 0.3) is 0 Å². The molecule has 1 heterocycles. The SMILES string of the molecule is O=C(COC(=O)C1CC(=O)N(c2cccc(Cl)c2)C1)c1ccc(OC(=O)c2ccc(Cl)cc2Cl)cc1. The molecule has 0 radical (unpaired) electrons. The molecule has 0 saturated carbocycles. The van der Waals surface area contributed by atoms with Crippen LogP contribution < -0.4 is 9.64 Å². The Bertz CT molecular complexity index is 1340. The van der Waals surface area contributed by atoms with Gasteiger partial charge in [0.1, 0.15) is 5.75 Å². The second-order valence-electron chi connectivity index (χ2n) is 7.95. The van der Waals surface area contributed by atoms with Crippen molar-refractivity contribution in [3.63, 3.8) is 0 Å². The van der Waals surface area contributed by atoms with Gasteiger partial charge in [0.05, 0.1) is 16.5 Å². The number of amides is 1. The minimum absolute atomic E-state index is 0.0166. The molecular weight excluding hydrogens is 529 g/mol. The molecule has 184 valence electrons. The number of benzene rings is 3. The maximum Gasteiger partial charge on any atom is 0.345 e. The van der Waals surface area contributed by atoms with Crippen LogP contribution >= 0.6 is 34.8 Å². The molecule has 1 amide bonds. The van der Waals surface area contributed by atoms with Crippen molar-refractivity contribution in [3.05, 3.63) is 92.9 Å². The normalized spacial score (nSPS) is 15.0. The lowest BCUT2D eigenvalue weighted by molar-refractivity contribution is -0.147. The zero-order valence-corrected chi connectivity index (χ0v) is 20.8. The van der Waals surface area contributed by atoms with Crippen molar-refractivity contribution in [2.45, 2.75) is 6.42 Å². The molecule has 36 heavy (non-hydrogen) atoms. The largest absolute Gasteiger partial charge is 0.457 e. The Morgan fingerprint density at radius 2 is 1.64 bits per heavy atom. The van der Waals surface area contributed by atoms with E-state index in [2.05, 4.69) is 0 Å². The van der Waals surface area contributed by atoms with E-state index < -0.39 is 30.2 Å². The van der Waals surface area contributed by atoms with Crippen molar-refractivity contribution in [2.75, 3.05) is 18.1 Å². The van der Waals surface area contributed by atoms with Gasteiger partial charge < -0.3 is 14.4 Å². The highest BCUT2D eigenvalue weighted by Crippen LogP contribution is 2.28. The Balaban J connectivity index is 1.30. The Morgan fingerprint density at radius 1 is 0.917 bits per heavy atom. The van der Waals surface area contributed by atoms with Gasteiger partial charge in [-0.15, -0.1) is 0 Å². The Hall–Kier alpha value is -3.39. The van der Waals surface area contributed by atoms with Crippen LogP contribution in [0.1, 0.15) is 27.1 Å². The second-order valence-corrected chi connectivity index (χ2v) is 9.23. The average Bonchev–Trinajstić information content (AvgIpc) is 3.24. The van der Waals surface area contributed by atoms with E-state index in [1.807, 2.05) is 0 Å². The number of hydrogen-bond donors (Lipinski definition) is 0. The van der Waals surface area contributed by atoms with Crippen molar-refractivity contribution in [1.82, 2.24) is 0 Å². The first-order valence-corrected chi connectivity index (χ1v) is 11.9. The molecule has 3 aromatic rings. The Kier molecular flexibility index (Phi) is 7.94. The van der Waals surface area contributed by atoms with Crippen LogP contribution in [-0.4, -0.2) is 36.8 Å². The summed E-state index contributed by atoms with van der Waals surface area (Å²) in [7, 11) is 0. The van der Waals surface area contributed by atoms with Gasteiger partial charge in [0.25, 0.3) is 0 Å². The van der Waals surface area contributed by atoms with Gasteiger partial charge >= 0.3 is 11.9 Å². The average molecular weight is 547 g/mol. The minimum Gasteiger partial charge on any atom is -0.457 e. The van der Waals surface area contributed by atoms with Gasteiger partial charge in [-0.25, -0.2) is 4.79 Å². The lowest BCUT2D eigenvalue weighted by Gasteiger charge is -2.16. The molecule has 1 unspecified atom stereocenters. The molecule has 1 fully saturated rings. The highest BCUT2D eigenvalue weighted by Gasteiger charge is 2.36. The number of carbonyl (C=O) groups excluding carboxylic acids is 4. The third-order valence-corrected chi connectivity index (χ3v) is 6.24. The number of anilines is 1. The number of halogens is 3. The number of Topliss-reactive ketones (excluding diaryl/α,β-unsaturated/α-hetero) is 1. The smallest absolute Gasteiger partial charge is 0.345 e. The lowest BCUT2D eigenvalue weighted by atomic mass is 10.1. The molecule has 1 atom stereocenters. The topological polar surface area (TPSA) is 90.0 Å². The van der Waals surface area contributed by atoms with Crippen molar-refractivity contribution in [1.29, 1.82) is 0 Å². The van der Waals surface area contributed by atoms with Gasteiger partial charge in [-0.05, 0) is 60.7 Å². The Morgan fingerprint density at radius 3 is 2.33 bits per heavy atom. The number of carbonyl (C=O) groups is 4. The summed E-state index contributed by atoms with van der Waals surface area (Å²) in [6, 6.07) is 16.9. The van der Waals surface area contributed by atoms with E-state index in [9.17, 15) is 19.2 Å². The molecule has 1 aliphatic rings. The molecule has 4 rings (SSSR count). The molecule has 0 bridgehead atoms. The molecule has 7 nitrogen and oxygen atoms in total. The predicted molar refractivity (Wildman–Crippen MR) is 135 cm³/mol. The highest BCUT2D eigenvalue weighted by atomic mass is 35.5. The summed E-state index contributed by atoms with van der Waals surface area (Å²) in [4.78, 5) is 51.1. The van der Waals surface area contributed by atoms with E-state index in [1.54, 1.807) is 24.3 Å². The number of ether oxygens (including phenoxy) is 2. The first kappa shape index (κ1) is 25.7. The molecule has 0 spiro atoms. The van der Waals surface area contributed by atoms with E-state index in [4.69, 9.17) is 44.3 Å². The van der Waals surface area contributed by atoms with Crippen LogP contribution in [0.3, 0.4) is 0 Å². The quantitative estimate of drug-likeness (QED) is 0.216. The van der Waals surface area contributed by atoms with Crippen LogP contribution in [-0.2, 0) is 14.3 Å². The first-order chi connectivity index (χ1) is 17.2. The first-order valence-electron chi connectivity index (χ1n) is 10.7. The number of nitrogens with zero attached hydrogens (tertiary/aromatic N) is 1. The zero-order chi connectivity index (χ0) is 25.8. The highest BCUT2D eigenvalue weighted by molar-refractivity contribution is 6.36. The summed E-state index contributed by atoms with van der Waals surface area (Å²) in [5.41, 5.74) is 1.00. The van der Waals surface area contributed by atoms with Gasteiger partial charge in [0.2, 0.25) is 5.91 Å². The van der Waals surface area contributed by atoms with Crippen LogP contribution in [0.2, 0.25) is 15.1 Å². The van der Waals surface area contributed by atoms with Gasteiger partial charge in [-0.2, -0.15) is 0 Å². The van der Waals surface area contributed by atoms with Crippen molar-refractivity contribution in [3.8, 4) is 5.75 Å². The minimum atomic E-state index is -0.689. The third-order valence-electron chi connectivity index (χ3n) is 5.46. The maximum atomic E-state index is 12.5. The summed E-state index contributed by atoms with van der Waals surface area (Å²) in [5, 5.41) is 1.02. The standard InChI is InChI=1S/C26H18Cl3NO6/c27-17-2-1-3-19(11-17)30-13-16(10-24(30)32)25(33)35-14-23(31)15-4-7-20(8-5-15)36-26(34)21-9-6-18(28)12-22(21)29/h1-9,11-12,16H,10,13-14H2. The van der Waals surface area contributed by atoms with Gasteiger partial charge in [0, 0.05) is 34.3 Å². The maximum absolute atomic E-state index is 12.5. The van der Waals surface area contributed by atoms with Crippen molar-refractivity contribution >= 4 is 64.1 Å². The summed E-state index contributed by atoms with van der Waals surface area (Å²) in [6.45, 7) is -0.343. The number of esters is 2. The molecule has 3 aromatic carbocycles. The Labute approximate surface area is 221 Å². The summed E-state index contributed by atoms with van der Waals surface area (Å²) in [5.74, 6) is -2.47. The van der Waals surface area contributed by atoms with Crippen molar-refractivity contribution < 1.29 is 28.7 Å². The number of ketones is 1. The van der Waals surface area contributed by atoms with E-state index in [-0.39, 0.29) is 40.8 Å². The fourth-order valence-corrected chi connectivity index (χ4v) is 4.29. The van der Waals surface area contributed by atoms with Gasteiger partial charge in [-0.1, -0.05) is 40.9 Å². The summed E-state index contributed by atoms with van der Waals surface area (Å²) < 4.78 is 10.4. The van der Waals surface area contributed by atoms with Gasteiger partial charge in [0.15, 0.2) is 12.4 Å². The molecule has 0 aliphatic carbocycles. The summed E-state index contributed by atoms with van der Waals surface area (Å²) >= 11 is 17.8. The molecule has 0 aromatic heterocycles. The summed E-state index contributed by atoms with van der Waals surface area (Å²) in [6.07, 6.45) is -0.0166. The molecule has 1 aliphatic heterocycles. The van der Waals surface area contributed by atoms with E-state index in [0.717, 1.165) is 0 Å². The molecule has 10 heteroatoms. The molecular formula is C26H18Cl3NO6. The fraction of sp³-hybridized carbons (Fsp3) is 0.154. The van der Waals surface area contributed by atoms with E-state index >= 15 is 0 Å². The monoisotopic (exact) mass is 545 g/mol. The van der Waals surface area contributed by atoms with E-state index in [0.29, 0.717) is 15.7 Å². The van der Waals surface area contributed by atoms with Crippen LogP contribution in [0.4, 0.5) is 5.69 Å². The second kappa shape index (κ2) is 11.1. The zero-order valence-electron chi connectivity index (χ0n) is 18.6. The van der Waals surface area contributed by atoms with E-state index in [1.165, 1.54) is 47.4 Å². The van der Waals surface area contributed by atoms with Crippen LogP contribution in [0.15, 0.2) is 66.7 Å². The fourth-order valence-electron chi connectivity index (χ4n) is 3.62.